The maximum atomic E-state index is 10.6. The van der Waals surface area contributed by atoms with E-state index < -0.39 is 26.6 Å². The van der Waals surface area contributed by atoms with Crippen LogP contribution >= 0.6 is 7.82 Å². The van der Waals surface area contributed by atoms with Crippen LogP contribution in [0.1, 0.15) is 32.6 Å². The molecular weight excluding hydrogens is 223 g/mol. The smallest absolute Gasteiger partial charge is 0.394 e. The molecule has 0 aliphatic rings. The van der Waals surface area contributed by atoms with Gasteiger partial charge in [0, 0.05) is 0 Å². The molecule has 0 amide bonds. The average Bonchev–Trinajstić information content (AvgIpc) is 2.13. The van der Waals surface area contributed by atoms with Crippen molar-refractivity contribution in [2.24, 2.45) is 0 Å². The third-order valence-electron chi connectivity index (χ3n) is 1.98. The van der Waals surface area contributed by atoms with Crippen LogP contribution in [0.3, 0.4) is 0 Å². The summed E-state index contributed by atoms with van der Waals surface area (Å²) in [5, 5.41) is 17.9. The Kier molecular flexibility index (Phi) is 7.34. The van der Waals surface area contributed by atoms with Crippen LogP contribution in [0.5, 0.6) is 0 Å². The quantitative estimate of drug-likeness (QED) is 0.362. The fourth-order valence-electron chi connectivity index (χ4n) is 1.20. The summed E-state index contributed by atoms with van der Waals surface area (Å²) in [6.45, 7) is 1.41. The van der Waals surface area contributed by atoms with Crippen LogP contribution in [-0.4, -0.2) is 38.8 Å². The third kappa shape index (κ3) is 7.90. The Morgan fingerprint density at radius 2 is 1.93 bits per heavy atom. The van der Waals surface area contributed by atoms with Crippen LogP contribution in [0.15, 0.2) is 0 Å². The van der Waals surface area contributed by atoms with E-state index in [1.54, 1.807) is 0 Å². The lowest BCUT2D eigenvalue weighted by Gasteiger charge is -2.21. The number of hydrogen-bond acceptors (Lipinski definition) is 4. The molecule has 0 aliphatic carbocycles. The zero-order valence-electron chi connectivity index (χ0n) is 8.74. The molecule has 0 rings (SSSR count). The van der Waals surface area contributed by atoms with Crippen LogP contribution in [0.2, 0.25) is 0 Å². The minimum atomic E-state index is -4.61. The van der Waals surface area contributed by atoms with Gasteiger partial charge in [-0.05, 0) is 6.42 Å². The SMILES string of the molecule is CCCCCC(OP(=O)(O)O)C(O)CO. The van der Waals surface area contributed by atoms with Gasteiger partial charge in [-0.25, -0.2) is 4.57 Å². The topological polar surface area (TPSA) is 107 Å². The van der Waals surface area contributed by atoms with E-state index in [-0.39, 0.29) is 0 Å². The van der Waals surface area contributed by atoms with E-state index >= 15 is 0 Å². The fraction of sp³-hybridized carbons (Fsp3) is 1.00. The fourth-order valence-corrected chi connectivity index (χ4v) is 1.80. The molecule has 0 spiro atoms. The van der Waals surface area contributed by atoms with Crippen LogP contribution in [0, 0.1) is 0 Å². The molecule has 0 fully saturated rings. The van der Waals surface area contributed by atoms with Gasteiger partial charge in [-0.3, -0.25) is 4.52 Å². The summed E-state index contributed by atoms with van der Waals surface area (Å²) in [5.74, 6) is 0. The normalized spacial score (nSPS) is 16.3. The molecule has 0 aromatic carbocycles. The molecule has 7 heteroatoms. The predicted molar refractivity (Wildman–Crippen MR) is 54.2 cm³/mol. The first kappa shape index (κ1) is 15.0. The van der Waals surface area contributed by atoms with Crippen LogP contribution in [0.4, 0.5) is 0 Å². The van der Waals surface area contributed by atoms with Crippen molar-refractivity contribution in [3.63, 3.8) is 0 Å². The van der Waals surface area contributed by atoms with E-state index in [4.69, 9.17) is 14.9 Å². The van der Waals surface area contributed by atoms with E-state index in [1.807, 2.05) is 6.92 Å². The minimum Gasteiger partial charge on any atom is -0.394 e. The van der Waals surface area contributed by atoms with E-state index in [2.05, 4.69) is 4.52 Å². The zero-order valence-corrected chi connectivity index (χ0v) is 9.64. The van der Waals surface area contributed by atoms with Gasteiger partial charge in [0.1, 0.15) is 6.10 Å². The van der Waals surface area contributed by atoms with Gasteiger partial charge in [-0.1, -0.05) is 26.2 Å². The average molecular weight is 242 g/mol. The van der Waals surface area contributed by atoms with E-state index in [1.165, 1.54) is 0 Å². The van der Waals surface area contributed by atoms with Crippen molar-refractivity contribution in [3.05, 3.63) is 0 Å². The second kappa shape index (κ2) is 7.33. The Bertz CT molecular complexity index is 203. The Hall–Kier alpha value is 0.0300. The monoisotopic (exact) mass is 242 g/mol. The number of aliphatic hydroxyl groups excluding tert-OH is 2. The molecule has 2 unspecified atom stereocenters. The van der Waals surface area contributed by atoms with E-state index in [0.717, 1.165) is 12.8 Å². The first-order valence-corrected chi connectivity index (χ1v) is 6.46. The second-order valence-electron chi connectivity index (χ2n) is 3.38. The van der Waals surface area contributed by atoms with Gasteiger partial charge in [0.25, 0.3) is 0 Å². The lowest BCUT2D eigenvalue weighted by molar-refractivity contribution is -0.0178. The lowest BCUT2D eigenvalue weighted by atomic mass is 10.1. The number of hydrogen-bond donors (Lipinski definition) is 4. The molecule has 15 heavy (non-hydrogen) atoms. The Labute approximate surface area is 89.1 Å². The number of phosphoric acid groups is 1. The number of phosphoric ester groups is 1. The number of unbranched alkanes of at least 4 members (excludes halogenated alkanes) is 2. The van der Waals surface area contributed by atoms with Crippen LogP contribution in [0.25, 0.3) is 0 Å². The first-order chi connectivity index (χ1) is 6.90. The van der Waals surface area contributed by atoms with Gasteiger partial charge in [-0.2, -0.15) is 0 Å². The standard InChI is InChI=1S/C8H19O6P/c1-2-3-4-5-8(7(10)6-9)14-15(11,12)13/h7-10H,2-6H2,1H3,(H2,11,12,13). The van der Waals surface area contributed by atoms with Gasteiger partial charge in [-0.15, -0.1) is 0 Å². The van der Waals surface area contributed by atoms with Gasteiger partial charge >= 0.3 is 7.82 Å². The summed E-state index contributed by atoms with van der Waals surface area (Å²) in [6, 6.07) is 0. The summed E-state index contributed by atoms with van der Waals surface area (Å²) in [5.41, 5.74) is 0. The molecule has 0 saturated carbocycles. The summed E-state index contributed by atoms with van der Waals surface area (Å²) in [4.78, 5) is 17.2. The maximum Gasteiger partial charge on any atom is 0.469 e. The number of aliphatic hydroxyl groups is 2. The molecule has 0 aliphatic heterocycles. The molecule has 0 radical (unpaired) electrons. The van der Waals surface area contributed by atoms with Crippen molar-refractivity contribution in [1.82, 2.24) is 0 Å². The Balaban J connectivity index is 4.13. The largest absolute Gasteiger partial charge is 0.469 e. The van der Waals surface area contributed by atoms with Gasteiger partial charge in [0.2, 0.25) is 0 Å². The number of rotatable bonds is 8. The maximum absolute atomic E-state index is 10.6. The highest BCUT2D eigenvalue weighted by Gasteiger charge is 2.27. The first-order valence-electron chi connectivity index (χ1n) is 4.93. The van der Waals surface area contributed by atoms with Crippen molar-refractivity contribution in [2.75, 3.05) is 6.61 Å². The lowest BCUT2D eigenvalue weighted by Crippen LogP contribution is -2.31. The van der Waals surface area contributed by atoms with Crippen molar-refractivity contribution in [1.29, 1.82) is 0 Å². The summed E-state index contributed by atoms with van der Waals surface area (Å²) in [7, 11) is -4.61. The molecule has 0 saturated heterocycles. The van der Waals surface area contributed by atoms with Crippen molar-refractivity contribution >= 4 is 7.82 Å². The molecule has 0 aromatic rings. The Morgan fingerprint density at radius 1 is 1.33 bits per heavy atom. The van der Waals surface area contributed by atoms with Crippen molar-refractivity contribution < 1.29 is 29.1 Å². The van der Waals surface area contributed by atoms with Crippen molar-refractivity contribution in [2.45, 2.75) is 44.8 Å². The summed E-state index contributed by atoms with van der Waals surface area (Å²) in [6.07, 6.45) is 0.590. The molecule has 92 valence electrons. The van der Waals surface area contributed by atoms with E-state index in [0.29, 0.717) is 12.8 Å². The van der Waals surface area contributed by atoms with Crippen molar-refractivity contribution in [3.8, 4) is 0 Å². The molecule has 0 bridgehead atoms. The van der Waals surface area contributed by atoms with Crippen LogP contribution in [-0.2, 0) is 9.09 Å². The van der Waals surface area contributed by atoms with E-state index in [9.17, 15) is 9.67 Å². The minimum absolute atomic E-state index is 0.320. The zero-order chi connectivity index (χ0) is 11.9. The molecule has 0 aromatic heterocycles. The van der Waals surface area contributed by atoms with Gasteiger partial charge < -0.3 is 20.0 Å². The third-order valence-corrected chi connectivity index (χ3v) is 2.53. The highest BCUT2D eigenvalue weighted by atomic mass is 31.2. The second-order valence-corrected chi connectivity index (χ2v) is 4.57. The Morgan fingerprint density at radius 3 is 2.33 bits per heavy atom. The van der Waals surface area contributed by atoms with Crippen LogP contribution < -0.4 is 0 Å². The molecular formula is C8H19O6P. The summed E-state index contributed by atoms with van der Waals surface area (Å²) < 4.78 is 15.0. The highest BCUT2D eigenvalue weighted by molar-refractivity contribution is 7.46. The molecule has 2 atom stereocenters. The molecule has 6 nitrogen and oxygen atoms in total. The summed E-state index contributed by atoms with van der Waals surface area (Å²) >= 11 is 0. The van der Waals surface area contributed by atoms with Gasteiger partial charge in [0.05, 0.1) is 12.7 Å². The molecule has 4 N–H and O–H groups in total. The molecule has 0 heterocycles. The van der Waals surface area contributed by atoms with Gasteiger partial charge in [0.15, 0.2) is 0 Å². The predicted octanol–water partition coefficient (Wildman–Crippen LogP) is 0.398. The highest BCUT2D eigenvalue weighted by Crippen LogP contribution is 2.39.